The van der Waals surface area contributed by atoms with Gasteiger partial charge in [0.2, 0.25) is 0 Å². The fourth-order valence-electron chi connectivity index (χ4n) is 3.54. The molecule has 2 aromatic rings. The zero-order chi connectivity index (χ0) is 15.7. The topological polar surface area (TPSA) is 38.0 Å². The molecule has 0 saturated carbocycles. The molecule has 0 fully saturated rings. The molecule has 118 valence electrons. The molecule has 1 heterocycles. The Morgan fingerprint density at radius 2 is 1.95 bits per heavy atom. The summed E-state index contributed by atoms with van der Waals surface area (Å²) in [7, 11) is 0. The number of aromatic nitrogens is 2. The Hall–Kier alpha value is -1.61. The minimum absolute atomic E-state index is 0.504. The van der Waals surface area contributed by atoms with E-state index >= 15 is 0 Å². The molecule has 0 bridgehead atoms. The van der Waals surface area contributed by atoms with Gasteiger partial charge >= 0.3 is 0 Å². The first-order chi connectivity index (χ1) is 10.6. The lowest BCUT2D eigenvalue weighted by molar-refractivity contribution is 0.151. The molecule has 1 aromatic carbocycles. The van der Waals surface area contributed by atoms with Crippen LogP contribution in [-0.2, 0) is 6.54 Å². The summed E-state index contributed by atoms with van der Waals surface area (Å²) in [5, 5.41) is 15.2. The van der Waals surface area contributed by atoms with E-state index in [0.29, 0.717) is 24.3 Å². The molecule has 0 amide bonds. The van der Waals surface area contributed by atoms with Crippen LogP contribution in [0.3, 0.4) is 0 Å². The molecular formula is C19H26N2O. The summed E-state index contributed by atoms with van der Waals surface area (Å²) >= 11 is 0. The Kier molecular flexibility index (Phi) is 4.34. The maximum atomic E-state index is 10.4. The van der Waals surface area contributed by atoms with Crippen molar-refractivity contribution in [3.05, 3.63) is 53.3 Å². The second-order valence-electron chi connectivity index (χ2n) is 6.95. The Morgan fingerprint density at radius 1 is 1.23 bits per heavy atom. The molecule has 0 aliphatic heterocycles. The van der Waals surface area contributed by atoms with E-state index in [1.165, 1.54) is 24.1 Å². The van der Waals surface area contributed by atoms with Gasteiger partial charge < -0.3 is 5.11 Å². The highest BCUT2D eigenvalue weighted by Crippen LogP contribution is 2.41. The maximum Gasteiger partial charge on any atom is 0.0985 e. The number of benzene rings is 1. The molecule has 22 heavy (non-hydrogen) atoms. The minimum atomic E-state index is -0.504. The zero-order valence-electron chi connectivity index (χ0n) is 13.7. The standard InChI is InChI=1S/C19H26N2O/c1-13(2)16-10-9-14(3)17-11-21(20-19(16)17)12-18(22)15-7-5-4-6-8-15/h4-8,11,13-14,16,18,22H,9-10,12H2,1-3H3/t14-,16-,18-/m1/s1. The predicted molar refractivity (Wildman–Crippen MR) is 88.9 cm³/mol. The van der Waals surface area contributed by atoms with E-state index in [2.05, 4.69) is 27.0 Å². The number of aliphatic hydroxyl groups excluding tert-OH is 1. The monoisotopic (exact) mass is 298 g/mol. The van der Waals surface area contributed by atoms with Crippen molar-refractivity contribution in [1.82, 2.24) is 9.78 Å². The molecule has 3 heteroatoms. The summed E-state index contributed by atoms with van der Waals surface area (Å²) in [6.07, 6.45) is 4.11. The second-order valence-corrected chi connectivity index (χ2v) is 6.95. The Morgan fingerprint density at radius 3 is 2.64 bits per heavy atom. The van der Waals surface area contributed by atoms with Crippen LogP contribution in [0.4, 0.5) is 0 Å². The number of nitrogens with zero attached hydrogens (tertiary/aromatic N) is 2. The van der Waals surface area contributed by atoms with Crippen molar-refractivity contribution in [3.8, 4) is 0 Å². The van der Waals surface area contributed by atoms with E-state index in [0.717, 1.165) is 5.56 Å². The summed E-state index contributed by atoms with van der Waals surface area (Å²) in [4.78, 5) is 0. The number of rotatable bonds is 4. The molecular weight excluding hydrogens is 272 g/mol. The summed E-state index contributed by atoms with van der Waals surface area (Å²) in [6.45, 7) is 7.37. The first-order valence-electron chi connectivity index (χ1n) is 8.36. The van der Waals surface area contributed by atoms with Crippen molar-refractivity contribution in [1.29, 1.82) is 0 Å². The third kappa shape index (κ3) is 2.95. The van der Waals surface area contributed by atoms with Gasteiger partial charge in [-0.2, -0.15) is 5.10 Å². The largest absolute Gasteiger partial charge is 0.386 e. The van der Waals surface area contributed by atoms with Gasteiger partial charge in [-0.1, -0.05) is 51.1 Å². The zero-order valence-corrected chi connectivity index (χ0v) is 13.7. The highest BCUT2D eigenvalue weighted by molar-refractivity contribution is 5.28. The fourth-order valence-corrected chi connectivity index (χ4v) is 3.54. The van der Waals surface area contributed by atoms with Crippen molar-refractivity contribution in [2.45, 2.75) is 58.1 Å². The summed E-state index contributed by atoms with van der Waals surface area (Å²) in [5.41, 5.74) is 3.59. The van der Waals surface area contributed by atoms with Gasteiger partial charge in [0.05, 0.1) is 18.3 Å². The van der Waals surface area contributed by atoms with Crippen molar-refractivity contribution < 1.29 is 5.11 Å². The highest BCUT2D eigenvalue weighted by atomic mass is 16.3. The van der Waals surface area contributed by atoms with Crippen LogP contribution in [0, 0.1) is 5.92 Å². The molecule has 3 atom stereocenters. The van der Waals surface area contributed by atoms with Crippen LogP contribution < -0.4 is 0 Å². The third-order valence-electron chi connectivity index (χ3n) is 4.96. The van der Waals surface area contributed by atoms with Gasteiger partial charge in [0.15, 0.2) is 0 Å². The normalized spacial score (nSPS) is 22.6. The quantitative estimate of drug-likeness (QED) is 0.916. The average Bonchev–Trinajstić information content (AvgIpc) is 2.92. The van der Waals surface area contributed by atoms with Crippen molar-refractivity contribution >= 4 is 0 Å². The van der Waals surface area contributed by atoms with Gasteiger partial charge in [-0.3, -0.25) is 4.68 Å². The SMILES string of the molecule is CC(C)[C@H]1CC[C@@H](C)c2cn(C[C@@H](O)c3ccccc3)nc21. The number of aliphatic hydroxyl groups is 1. The van der Waals surface area contributed by atoms with Crippen LogP contribution >= 0.6 is 0 Å². The lowest BCUT2D eigenvalue weighted by atomic mass is 9.77. The van der Waals surface area contributed by atoms with Crippen LogP contribution in [0.1, 0.15) is 68.4 Å². The molecule has 1 N–H and O–H groups in total. The van der Waals surface area contributed by atoms with Crippen LogP contribution in [0.5, 0.6) is 0 Å². The van der Waals surface area contributed by atoms with Gasteiger partial charge in [-0.05, 0) is 35.8 Å². The lowest BCUT2D eigenvalue weighted by Gasteiger charge is -2.28. The summed E-state index contributed by atoms with van der Waals surface area (Å²) in [5.74, 6) is 1.75. The first kappa shape index (κ1) is 15.3. The minimum Gasteiger partial charge on any atom is -0.386 e. The third-order valence-corrected chi connectivity index (χ3v) is 4.96. The number of hydrogen-bond donors (Lipinski definition) is 1. The molecule has 0 spiro atoms. The van der Waals surface area contributed by atoms with Crippen LogP contribution in [0.15, 0.2) is 36.5 Å². The van der Waals surface area contributed by atoms with Gasteiger partial charge in [0, 0.05) is 12.1 Å². The molecule has 1 aliphatic rings. The van der Waals surface area contributed by atoms with Gasteiger partial charge in [0.1, 0.15) is 0 Å². The van der Waals surface area contributed by atoms with Gasteiger partial charge in [-0.25, -0.2) is 0 Å². The van der Waals surface area contributed by atoms with Crippen molar-refractivity contribution in [2.24, 2.45) is 5.92 Å². The van der Waals surface area contributed by atoms with Gasteiger partial charge in [-0.15, -0.1) is 0 Å². The van der Waals surface area contributed by atoms with E-state index in [1.54, 1.807) is 0 Å². The Labute approximate surface area is 133 Å². The van der Waals surface area contributed by atoms with Crippen LogP contribution in [0.2, 0.25) is 0 Å². The van der Waals surface area contributed by atoms with E-state index in [4.69, 9.17) is 5.10 Å². The molecule has 0 saturated heterocycles. The molecule has 0 unspecified atom stereocenters. The molecule has 1 aromatic heterocycles. The van der Waals surface area contributed by atoms with Crippen molar-refractivity contribution in [3.63, 3.8) is 0 Å². The highest BCUT2D eigenvalue weighted by Gasteiger charge is 2.30. The Bertz CT molecular complexity index is 618. The maximum absolute atomic E-state index is 10.4. The van der Waals surface area contributed by atoms with E-state index in [9.17, 15) is 5.11 Å². The number of fused-ring (bicyclic) bond motifs is 1. The predicted octanol–water partition coefficient (Wildman–Crippen LogP) is 4.25. The molecule has 1 aliphatic carbocycles. The van der Waals surface area contributed by atoms with E-state index < -0.39 is 6.10 Å². The van der Waals surface area contributed by atoms with E-state index in [-0.39, 0.29) is 0 Å². The molecule has 0 radical (unpaired) electrons. The fraction of sp³-hybridized carbons (Fsp3) is 0.526. The smallest absolute Gasteiger partial charge is 0.0985 e. The second kappa shape index (κ2) is 6.25. The summed E-state index contributed by atoms with van der Waals surface area (Å²) in [6, 6.07) is 9.83. The first-order valence-corrected chi connectivity index (χ1v) is 8.36. The molecule has 3 rings (SSSR count). The van der Waals surface area contributed by atoms with E-state index in [1.807, 2.05) is 35.0 Å². The summed E-state index contributed by atoms with van der Waals surface area (Å²) < 4.78 is 1.94. The number of hydrogen-bond acceptors (Lipinski definition) is 2. The van der Waals surface area contributed by atoms with Crippen LogP contribution in [0.25, 0.3) is 0 Å². The lowest BCUT2D eigenvalue weighted by Crippen LogP contribution is -2.16. The van der Waals surface area contributed by atoms with Gasteiger partial charge in [0.25, 0.3) is 0 Å². The Balaban J connectivity index is 1.83. The molecule has 3 nitrogen and oxygen atoms in total. The van der Waals surface area contributed by atoms with Crippen molar-refractivity contribution in [2.75, 3.05) is 0 Å². The average molecular weight is 298 g/mol. The van der Waals surface area contributed by atoms with Crippen LogP contribution in [-0.4, -0.2) is 14.9 Å².